The van der Waals surface area contributed by atoms with E-state index in [9.17, 15) is 9.18 Å². The first-order valence-electron chi connectivity index (χ1n) is 11.3. The van der Waals surface area contributed by atoms with E-state index in [1.807, 2.05) is 6.92 Å². The van der Waals surface area contributed by atoms with Crippen molar-refractivity contribution < 1.29 is 22.4 Å². The average molecular weight is 487 g/mol. The lowest BCUT2D eigenvalue weighted by Crippen LogP contribution is -2.22. The number of benzene rings is 1. The molecule has 0 unspecified atom stereocenters. The molecule has 3 heterocycles. The van der Waals surface area contributed by atoms with Crippen molar-refractivity contribution in [2.45, 2.75) is 52.9 Å². The number of alkyl halides is 1. The Morgan fingerprint density at radius 1 is 1.14 bits per heavy atom. The minimum atomic E-state index is -2.03. The van der Waals surface area contributed by atoms with Crippen LogP contribution in [-0.2, 0) is 12.2 Å². The van der Waals surface area contributed by atoms with Gasteiger partial charge < -0.3 is 10.2 Å². The van der Waals surface area contributed by atoms with E-state index in [4.69, 9.17) is 0 Å². The van der Waals surface area contributed by atoms with Crippen LogP contribution in [0.25, 0.3) is 11.3 Å². The summed E-state index contributed by atoms with van der Waals surface area (Å²) in [5.41, 5.74) is -1.68. The first-order valence-corrected chi connectivity index (χ1v) is 11.3. The zero-order valence-corrected chi connectivity index (χ0v) is 20.1. The van der Waals surface area contributed by atoms with Crippen LogP contribution >= 0.6 is 0 Å². The second-order valence-electron chi connectivity index (χ2n) is 9.17. The number of nitrogens with zero attached hydrogens (tertiary/aromatic N) is 3. The molecule has 2 aromatic heterocycles. The lowest BCUT2D eigenvalue weighted by Gasteiger charge is -2.20. The number of halogens is 4. The summed E-state index contributed by atoms with van der Waals surface area (Å²) < 4.78 is 59.9. The largest absolute Gasteiger partial charge is 0.363 e. The van der Waals surface area contributed by atoms with E-state index < -0.39 is 40.4 Å². The molecular weight excluding hydrogens is 460 g/mol. The lowest BCUT2D eigenvalue weighted by molar-refractivity contribution is 0.0787. The van der Waals surface area contributed by atoms with Crippen molar-refractivity contribution in [3.63, 3.8) is 0 Å². The molecule has 3 aromatic rings. The van der Waals surface area contributed by atoms with Crippen molar-refractivity contribution >= 4 is 11.7 Å². The Bertz CT molecular complexity index is 1320. The third-order valence-electron chi connectivity index (χ3n) is 6.19. The molecular formula is C26H26F4N4O. The van der Waals surface area contributed by atoms with Gasteiger partial charge in [0.2, 0.25) is 0 Å². The molecule has 0 spiro atoms. The quantitative estimate of drug-likeness (QED) is 0.420. The van der Waals surface area contributed by atoms with Crippen LogP contribution in [0.2, 0.25) is 0 Å². The minimum Gasteiger partial charge on any atom is -0.363 e. The first kappa shape index (κ1) is 24.6. The molecule has 1 amide bonds. The summed E-state index contributed by atoms with van der Waals surface area (Å²) in [6, 6.07) is 4.00. The normalized spacial score (nSPS) is 14.3. The van der Waals surface area contributed by atoms with E-state index in [1.54, 1.807) is 17.9 Å². The maximum Gasteiger partial charge on any atom is 0.254 e. The molecule has 5 nitrogen and oxygen atoms in total. The average Bonchev–Trinajstić information content (AvgIpc) is 3.12. The number of anilines is 1. The summed E-state index contributed by atoms with van der Waals surface area (Å²) >= 11 is 0. The molecule has 1 atom stereocenters. The van der Waals surface area contributed by atoms with E-state index in [2.05, 4.69) is 15.3 Å². The molecule has 0 saturated heterocycles. The van der Waals surface area contributed by atoms with Crippen LogP contribution in [-0.4, -0.2) is 27.3 Å². The first-order chi connectivity index (χ1) is 16.4. The maximum atomic E-state index is 15.2. The number of aryl methyl sites for hydroxylation is 1. The smallest absolute Gasteiger partial charge is 0.254 e. The molecule has 0 aliphatic carbocycles. The molecule has 1 aliphatic rings. The third kappa shape index (κ3) is 4.47. The zero-order chi connectivity index (χ0) is 25.7. The summed E-state index contributed by atoms with van der Waals surface area (Å²) in [4.78, 5) is 22.4. The Morgan fingerprint density at radius 3 is 2.51 bits per heavy atom. The van der Waals surface area contributed by atoms with Gasteiger partial charge in [-0.2, -0.15) is 0 Å². The van der Waals surface area contributed by atoms with Gasteiger partial charge in [-0.15, -0.1) is 0 Å². The number of amides is 1. The number of aromatic nitrogens is 2. The van der Waals surface area contributed by atoms with Gasteiger partial charge in [0, 0.05) is 46.3 Å². The standard InChI is InChI=1S/C26H26F4N4O/c1-6-34-12-18-15(25(34)35)7-8-31-24(18)33-14(3)16-10-21(28)17(11-20(16)27)23-22(29)19(26(4,5)30)9-13(2)32-23/h7-11,14H,6,12H2,1-5H3,(H,31,33)/t14-/m0/s1. The van der Waals surface area contributed by atoms with E-state index in [0.717, 1.165) is 12.1 Å². The fourth-order valence-corrected chi connectivity index (χ4v) is 4.29. The Labute approximate surface area is 201 Å². The van der Waals surface area contributed by atoms with Gasteiger partial charge in [0.25, 0.3) is 5.91 Å². The van der Waals surface area contributed by atoms with Gasteiger partial charge in [0.05, 0.1) is 12.6 Å². The summed E-state index contributed by atoms with van der Waals surface area (Å²) in [6.07, 6.45) is 1.49. The van der Waals surface area contributed by atoms with E-state index >= 15 is 13.2 Å². The fraction of sp³-hybridized carbons (Fsp3) is 0.346. The zero-order valence-electron chi connectivity index (χ0n) is 20.1. The van der Waals surface area contributed by atoms with Crippen LogP contribution in [0.4, 0.5) is 23.4 Å². The molecule has 1 aromatic carbocycles. The van der Waals surface area contributed by atoms with Crippen molar-refractivity contribution in [2.24, 2.45) is 0 Å². The van der Waals surface area contributed by atoms with Crippen LogP contribution in [0.15, 0.2) is 30.5 Å². The summed E-state index contributed by atoms with van der Waals surface area (Å²) in [5, 5.41) is 3.06. The van der Waals surface area contributed by atoms with Crippen molar-refractivity contribution in [3.05, 3.63) is 75.9 Å². The molecule has 0 radical (unpaired) electrons. The highest BCUT2D eigenvalue weighted by Gasteiger charge is 2.31. The van der Waals surface area contributed by atoms with Gasteiger partial charge >= 0.3 is 0 Å². The lowest BCUT2D eigenvalue weighted by atomic mass is 9.95. The second-order valence-corrected chi connectivity index (χ2v) is 9.17. The molecule has 4 rings (SSSR count). The van der Waals surface area contributed by atoms with Gasteiger partial charge in [-0.25, -0.2) is 27.5 Å². The SMILES string of the molecule is CCN1Cc2c(ccnc2N[C@@H](C)c2cc(F)c(-c3nc(C)cc(C(C)(C)F)c3F)cc2F)C1=O. The van der Waals surface area contributed by atoms with Crippen molar-refractivity contribution in [1.82, 2.24) is 14.9 Å². The fourth-order valence-electron chi connectivity index (χ4n) is 4.29. The molecule has 184 valence electrons. The number of rotatable bonds is 6. The Balaban J connectivity index is 1.69. The van der Waals surface area contributed by atoms with E-state index in [-0.39, 0.29) is 22.7 Å². The van der Waals surface area contributed by atoms with Crippen LogP contribution in [0.5, 0.6) is 0 Å². The van der Waals surface area contributed by atoms with Crippen LogP contribution in [0, 0.1) is 24.4 Å². The molecule has 0 bridgehead atoms. The van der Waals surface area contributed by atoms with Gasteiger partial charge in [-0.05, 0) is 58.9 Å². The molecule has 1 aliphatic heterocycles. The topological polar surface area (TPSA) is 58.1 Å². The molecule has 0 saturated carbocycles. The van der Waals surface area contributed by atoms with Crippen molar-refractivity contribution in [3.8, 4) is 11.3 Å². The predicted octanol–water partition coefficient (Wildman–Crippen LogP) is 6.22. The Hall–Kier alpha value is -3.49. The number of hydrogen-bond donors (Lipinski definition) is 1. The number of fused-ring (bicyclic) bond motifs is 1. The van der Waals surface area contributed by atoms with Gasteiger partial charge in [-0.3, -0.25) is 4.79 Å². The number of nitrogens with one attached hydrogen (secondary N) is 1. The molecule has 35 heavy (non-hydrogen) atoms. The predicted molar refractivity (Wildman–Crippen MR) is 125 cm³/mol. The van der Waals surface area contributed by atoms with Gasteiger partial charge in [0.1, 0.15) is 28.8 Å². The number of carbonyl (C=O) groups excluding carboxylic acids is 1. The minimum absolute atomic E-state index is 0.0126. The highest BCUT2D eigenvalue weighted by Crippen LogP contribution is 2.36. The maximum absolute atomic E-state index is 15.2. The van der Waals surface area contributed by atoms with Crippen LogP contribution in [0.3, 0.4) is 0 Å². The highest BCUT2D eigenvalue weighted by atomic mass is 19.2. The molecule has 0 fully saturated rings. The third-order valence-corrected chi connectivity index (χ3v) is 6.19. The van der Waals surface area contributed by atoms with Crippen molar-refractivity contribution in [2.75, 3.05) is 11.9 Å². The molecule has 9 heteroatoms. The number of pyridine rings is 2. The second kappa shape index (κ2) is 8.94. The monoisotopic (exact) mass is 486 g/mol. The van der Waals surface area contributed by atoms with E-state index in [1.165, 1.54) is 33.0 Å². The van der Waals surface area contributed by atoms with Crippen LogP contribution < -0.4 is 5.32 Å². The number of hydrogen-bond acceptors (Lipinski definition) is 4. The number of carbonyl (C=O) groups is 1. The summed E-state index contributed by atoms with van der Waals surface area (Å²) in [6.45, 7) is 8.30. The van der Waals surface area contributed by atoms with Gasteiger partial charge in [0.15, 0.2) is 5.82 Å². The molecule has 1 N–H and O–H groups in total. The summed E-state index contributed by atoms with van der Waals surface area (Å²) in [7, 11) is 0. The van der Waals surface area contributed by atoms with E-state index in [0.29, 0.717) is 30.0 Å². The summed E-state index contributed by atoms with van der Waals surface area (Å²) in [5.74, 6) is -2.41. The van der Waals surface area contributed by atoms with Crippen molar-refractivity contribution in [1.29, 1.82) is 0 Å². The Kier molecular flexibility index (Phi) is 6.29. The van der Waals surface area contributed by atoms with Gasteiger partial charge in [-0.1, -0.05) is 0 Å². The van der Waals surface area contributed by atoms with Crippen LogP contribution in [0.1, 0.15) is 66.5 Å². The Morgan fingerprint density at radius 2 is 1.86 bits per heavy atom. The highest BCUT2D eigenvalue weighted by molar-refractivity contribution is 5.99.